The number of hydrogen-bond donors (Lipinski definition) is 2. The molecule has 240 valence electrons. The number of nitrogens with zero attached hydrogens (tertiary/aromatic N) is 5. The highest BCUT2D eigenvalue weighted by atomic mass is 32.2. The summed E-state index contributed by atoms with van der Waals surface area (Å²) in [5, 5.41) is 21.6. The summed E-state index contributed by atoms with van der Waals surface area (Å²) in [5.41, 5.74) is 1.01. The van der Waals surface area contributed by atoms with Crippen molar-refractivity contribution in [1.82, 2.24) is 23.7 Å². The van der Waals surface area contributed by atoms with Crippen LogP contribution in [-0.2, 0) is 23.0 Å². The summed E-state index contributed by atoms with van der Waals surface area (Å²) in [6.45, 7) is 0.778. The van der Waals surface area contributed by atoms with Crippen molar-refractivity contribution < 1.29 is 28.2 Å². The average molecular weight is 644 g/mol. The van der Waals surface area contributed by atoms with E-state index in [2.05, 4.69) is 4.98 Å². The number of sulfonamides is 1. The Morgan fingerprint density at radius 2 is 1.54 bits per heavy atom. The standard InChI is InChI=1S/C34H37N5O6S/c40-32(39-20-19-36(33(41)42)22-28(39)21-26-11-4-1-5-12-26)30-31(27-13-6-2-7-14-27)37(25-35-30)23-34(43)17-10-18-38(24-34)46(44,45)29-15-8-3-9-16-29/h1-9,11-16,25,28,43H,10,17-24H2,(H,41,42)/t28-,34?/m1/s1. The number of rotatable bonds is 8. The first-order chi connectivity index (χ1) is 22.1. The predicted octanol–water partition coefficient (Wildman–Crippen LogP) is 3.81. The first-order valence-electron chi connectivity index (χ1n) is 15.4. The lowest BCUT2D eigenvalue weighted by Crippen LogP contribution is -2.57. The summed E-state index contributed by atoms with van der Waals surface area (Å²) in [6, 6.07) is 26.7. The Labute approximate surface area is 268 Å². The van der Waals surface area contributed by atoms with Crippen molar-refractivity contribution in [2.24, 2.45) is 0 Å². The van der Waals surface area contributed by atoms with Crippen LogP contribution in [0.5, 0.6) is 0 Å². The Bertz CT molecular complexity index is 1780. The highest BCUT2D eigenvalue weighted by Crippen LogP contribution is 2.32. The van der Waals surface area contributed by atoms with Gasteiger partial charge in [0.1, 0.15) is 0 Å². The van der Waals surface area contributed by atoms with Crippen molar-refractivity contribution in [3.8, 4) is 11.3 Å². The van der Waals surface area contributed by atoms with Gasteiger partial charge in [-0.2, -0.15) is 4.31 Å². The molecule has 12 heteroatoms. The van der Waals surface area contributed by atoms with E-state index in [0.29, 0.717) is 31.5 Å². The molecule has 6 rings (SSSR count). The number of benzene rings is 3. The van der Waals surface area contributed by atoms with Crippen molar-refractivity contribution in [2.45, 2.75) is 42.3 Å². The van der Waals surface area contributed by atoms with Crippen molar-refractivity contribution in [3.05, 3.63) is 109 Å². The van der Waals surface area contributed by atoms with E-state index in [1.165, 1.54) is 15.5 Å². The molecule has 2 aliphatic heterocycles. The van der Waals surface area contributed by atoms with Gasteiger partial charge in [0, 0.05) is 38.3 Å². The van der Waals surface area contributed by atoms with Gasteiger partial charge in [0.15, 0.2) is 5.69 Å². The fourth-order valence-corrected chi connectivity index (χ4v) is 8.09. The van der Waals surface area contributed by atoms with E-state index in [4.69, 9.17) is 0 Å². The number of aliphatic hydroxyl groups is 1. The van der Waals surface area contributed by atoms with E-state index in [-0.39, 0.29) is 49.2 Å². The number of piperidine rings is 1. The number of hydrogen-bond acceptors (Lipinski definition) is 6. The molecule has 46 heavy (non-hydrogen) atoms. The summed E-state index contributed by atoms with van der Waals surface area (Å²) >= 11 is 0. The monoisotopic (exact) mass is 643 g/mol. The van der Waals surface area contributed by atoms with Gasteiger partial charge in [-0.15, -0.1) is 0 Å². The van der Waals surface area contributed by atoms with Crippen molar-refractivity contribution in [1.29, 1.82) is 0 Å². The molecule has 0 saturated carbocycles. The fourth-order valence-electron chi connectivity index (χ4n) is 6.51. The van der Waals surface area contributed by atoms with Gasteiger partial charge in [0.25, 0.3) is 5.91 Å². The summed E-state index contributed by atoms with van der Waals surface area (Å²) in [7, 11) is -3.81. The summed E-state index contributed by atoms with van der Waals surface area (Å²) in [6.07, 6.45) is 1.82. The third kappa shape index (κ3) is 6.55. The van der Waals surface area contributed by atoms with Crippen molar-refractivity contribution in [3.63, 3.8) is 0 Å². The van der Waals surface area contributed by atoms with Gasteiger partial charge in [-0.3, -0.25) is 4.79 Å². The lowest BCUT2D eigenvalue weighted by atomic mass is 9.93. The summed E-state index contributed by atoms with van der Waals surface area (Å²) < 4.78 is 29.9. The molecule has 2 fully saturated rings. The van der Waals surface area contributed by atoms with E-state index >= 15 is 0 Å². The van der Waals surface area contributed by atoms with Gasteiger partial charge in [-0.25, -0.2) is 18.2 Å². The molecule has 2 aliphatic rings. The van der Waals surface area contributed by atoms with E-state index < -0.39 is 27.8 Å². The number of amides is 2. The van der Waals surface area contributed by atoms with Crippen molar-refractivity contribution >= 4 is 22.0 Å². The van der Waals surface area contributed by atoms with Crippen LogP contribution in [0.15, 0.2) is 102 Å². The number of carboxylic acid groups (broad SMARTS) is 1. The second kappa shape index (κ2) is 13.1. The molecular weight excluding hydrogens is 606 g/mol. The first-order valence-corrected chi connectivity index (χ1v) is 16.8. The minimum atomic E-state index is -3.81. The molecule has 2 atom stereocenters. The van der Waals surface area contributed by atoms with Crippen LogP contribution < -0.4 is 0 Å². The van der Waals surface area contributed by atoms with Crippen LogP contribution in [0, 0.1) is 0 Å². The lowest BCUT2D eigenvalue weighted by molar-refractivity contribution is -0.0216. The molecule has 2 amide bonds. The third-order valence-electron chi connectivity index (χ3n) is 8.78. The van der Waals surface area contributed by atoms with Crippen LogP contribution >= 0.6 is 0 Å². The second-order valence-electron chi connectivity index (χ2n) is 12.0. The molecule has 11 nitrogen and oxygen atoms in total. The predicted molar refractivity (Wildman–Crippen MR) is 172 cm³/mol. The van der Waals surface area contributed by atoms with Crippen LogP contribution in [0.4, 0.5) is 4.79 Å². The molecule has 1 aromatic heterocycles. The molecule has 4 aromatic rings. The van der Waals surface area contributed by atoms with Crippen LogP contribution in [0.1, 0.15) is 28.9 Å². The zero-order valence-electron chi connectivity index (χ0n) is 25.4. The quantitative estimate of drug-likeness (QED) is 0.298. The van der Waals surface area contributed by atoms with Crippen LogP contribution in [0.3, 0.4) is 0 Å². The number of β-amino-alcohol motifs (C(OH)–C–C–N with tert-alkyl or cyclic N) is 1. The maximum absolute atomic E-state index is 14.3. The van der Waals surface area contributed by atoms with Gasteiger partial charge in [0.2, 0.25) is 10.0 Å². The molecule has 3 aromatic carbocycles. The van der Waals surface area contributed by atoms with E-state index in [9.17, 15) is 28.2 Å². The number of imidazole rings is 1. The zero-order valence-corrected chi connectivity index (χ0v) is 26.2. The van der Waals surface area contributed by atoms with Crippen LogP contribution in [0.25, 0.3) is 11.3 Å². The molecule has 0 bridgehead atoms. The summed E-state index contributed by atoms with van der Waals surface area (Å²) in [4.78, 5) is 34.0. The SMILES string of the molecule is O=C(O)N1CCN(C(=O)c2ncn(CC3(O)CCCN(S(=O)(=O)c4ccccc4)C3)c2-c2ccccc2)[C@H](Cc2ccccc2)C1. The number of aromatic nitrogens is 2. The van der Waals surface area contributed by atoms with Gasteiger partial charge >= 0.3 is 6.09 Å². The smallest absolute Gasteiger partial charge is 0.407 e. The maximum Gasteiger partial charge on any atom is 0.407 e. The Kier molecular flexibility index (Phi) is 8.94. The highest BCUT2D eigenvalue weighted by Gasteiger charge is 2.41. The van der Waals surface area contributed by atoms with Crippen molar-refractivity contribution in [2.75, 3.05) is 32.7 Å². The zero-order chi connectivity index (χ0) is 32.3. The minimum Gasteiger partial charge on any atom is -0.465 e. The average Bonchev–Trinajstić information content (AvgIpc) is 3.48. The topological polar surface area (TPSA) is 136 Å². The van der Waals surface area contributed by atoms with Crippen LogP contribution in [0.2, 0.25) is 0 Å². The van der Waals surface area contributed by atoms with Crippen LogP contribution in [-0.4, -0.2) is 98.7 Å². The largest absolute Gasteiger partial charge is 0.465 e. The number of piperazine rings is 1. The van der Waals surface area contributed by atoms with E-state index in [0.717, 1.165) is 11.1 Å². The summed E-state index contributed by atoms with van der Waals surface area (Å²) in [5.74, 6) is -0.326. The van der Waals surface area contributed by atoms with Gasteiger partial charge in [-0.05, 0) is 37.0 Å². The molecule has 1 unspecified atom stereocenters. The Morgan fingerprint density at radius 1 is 0.891 bits per heavy atom. The molecule has 0 radical (unpaired) electrons. The first kappa shape index (κ1) is 31.5. The van der Waals surface area contributed by atoms with E-state index in [1.54, 1.807) is 39.8 Å². The second-order valence-corrected chi connectivity index (χ2v) is 13.9. The van der Waals surface area contributed by atoms with Gasteiger partial charge in [-0.1, -0.05) is 78.9 Å². The molecular formula is C34H37N5O6S. The maximum atomic E-state index is 14.3. The normalized spacial score (nSPS) is 20.8. The van der Waals surface area contributed by atoms with Gasteiger partial charge < -0.3 is 24.6 Å². The number of carbonyl (C=O) groups excluding carboxylic acids is 1. The molecule has 2 N–H and O–H groups in total. The van der Waals surface area contributed by atoms with E-state index in [1.807, 2.05) is 60.7 Å². The minimum absolute atomic E-state index is 0.0263. The highest BCUT2D eigenvalue weighted by molar-refractivity contribution is 7.89. The fraction of sp³-hybridized carbons (Fsp3) is 0.324. The Balaban J connectivity index is 1.31. The Morgan fingerprint density at radius 3 is 2.22 bits per heavy atom. The molecule has 3 heterocycles. The van der Waals surface area contributed by atoms with Gasteiger partial charge in [0.05, 0.1) is 35.1 Å². The molecule has 0 aliphatic carbocycles. The molecule has 2 saturated heterocycles. The third-order valence-corrected chi connectivity index (χ3v) is 10.6. The Hall–Kier alpha value is -4.52. The lowest BCUT2D eigenvalue weighted by Gasteiger charge is -2.40. The molecule has 0 spiro atoms. The number of carbonyl (C=O) groups is 2.